The van der Waals surface area contributed by atoms with Crippen molar-refractivity contribution in [3.63, 3.8) is 0 Å². The fourth-order valence-corrected chi connectivity index (χ4v) is 2.94. The van der Waals surface area contributed by atoms with Crippen LogP contribution in [0.1, 0.15) is 30.5 Å². The summed E-state index contributed by atoms with van der Waals surface area (Å²) in [6.45, 7) is 7.95. The fraction of sp³-hybridized carbons (Fsp3) is 0.208. The number of allylic oxidation sites excluding steroid dienone is 6. The van der Waals surface area contributed by atoms with Gasteiger partial charge in [-0.05, 0) is 55.3 Å². The van der Waals surface area contributed by atoms with Crippen LogP contribution in [0.4, 0.5) is 0 Å². The Morgan fingerprint density at radius 2 is 1.85 bits per heavy atom. The minimum absolute atomic E-state index is 0.695. The third-order valence-corrected chi connectivity index (χ3v) is 4.46. The van der Waals surface area contributed by atoms with Gasteiger partial charge in [0, 0.05) is 11.5 Å². The number of rotatable bonds is 6. The first-order valence-corrected chi connectivity index (χ1v) is 8.84. The van der Waals surface area contributed by atoms with E-state index in [1.807, 2.05) is 25.2 Å². The third-order valence-electron chi connectivity index (χ3n) is 4.46. The number of aliphatic carboxylic acids is 1. The Bertz CT molecular complexity index is 973. The molecular formula is C24H26O3. The van der Waals surface area contributed by atoms with Gasteiger partial charge in [-0.15, -0.1) is 0 Å². The van der Waals surface area contributed by atoms with E-state index in [1.165, 1.54) is 11.6 Å². The number of carboxylic acids is 1. The van der Waals surface area contributed by atoms with Crippen molar-refractivity contribution in [3.8, 4) is 5.75 Å². The Kier molecular flexibility index (Phi) is 6.78. The maximum atomic E-state index is 10.6. The van der Waals surface area contributed by atoms with Crippen LogP contribution < -0.4 is 4.74 Å². The number of ether oxygens (including phenoxy) is 1. The average Bonchev–Trinajstić information content (AvgIpc) is 2.60. The number of fused-ring (bicyclic) bond motifs is 1. The SMILES string of the molecule is COc1c(C)c(C)cc2cccc(C=CC(C)=CC=CC(C)=CC(=O)O)c12. The van der Waals surface area contributed by atoms with Crippen molar-refractivity contribution < 1.29 is 14.6 Å². The molecule has 140 valence electrons. The van der Waals surface area contributed by atoms with Crippen molar-refractivity contribution in [2.24, 2.45) is 0 Å². The van der Waals surface area contributed by atoms with E-state index in [1.54, 1.807) is 20.1 Å². The van der Waals surface area contributed by atoms with E-state index in [0.717, 1.165) is 33.2 Å². The topological polar surface area (TPSA) is 46.5 Å². The lowest BCUT2D eigenvalue weighted by molar-refractivity contribution is -0.131. The molecule has 27 heavy (non-hydrogen) atoms. The van der Waals surface area contributed by atoms with Crippen LogP contribution in [0.3, 0.4) is 0 Å². The average molecular weight is 362 g/mol. The molecule has 0 aliphatic rings. The van der Waals surface area contributed by atoms with Crippen LogP contribution in [-0.4, -0.2) is 18.2 Å². The first-order chi connectivity index (χ1) is 12.8. The summed E-state index contributed by atoms with van der Waals surface area (Å²) < 4.78 is 5.70. The van der Waals surface area contributed by atoms with Crippen molar-refractivity contribution in [2.75, 3.05) is 7.11 Å². The number of methoxy groups -OCH3 is 1. The number of hydrogen-bond acceptors (Lipinski definition) is 2. The first-order valence-electron chi connectivity index (χ1n) is 8.84. The normalized spacial score (nSPS) is 13.1. The highest BCUT2D eigenvalue weighted by molar-refractivity contribution is 5.97. The summed E-state index contributed by atoms with van der Waals surface area (Å²) in [5.74, 6) is -0.0191. The molecule has 0 saturated carbocycles. The molecule has 0 fully saturated rings. The van der Waals surface area contributed by atoms with Gasteiger partial charge in [0.1, 0.15) is 5.75 Å². The minimum atomic E-state index is -0.937. The van der Waals surface area contributed by atoms with Crippen LogP contribution in [0.25, 0.3) is 16.8 Å². The summed E-state index contributed by atoms with van der Waals surface area (Å²) in [6, 6.07) is 8.42. The molecule has 0 saturated heterocycles. The second kappa shape index (κ2) is 9.04. The van der Waals surface area contributed by atoms with Crippen molar-refractivity contribution in [2.45, 2.75) is 27.7 Å². The molecule has 0 aromatic heterocycles. The monoisotopic (exact) mass is 362 g/mol. The third kappa shape index (κ3) is 5.20. The van der Waals surface area contributed by atoms with Gasteiger partial charge in [0.25, 0.3) is 0 Å². The molecule has 3 heteroatoms. The molecule has 2 aromatic rings. The summed E-state index contributed by atoms with van der Waals surface area (Å²) in [5.41, 5.74) is 5.23. The molecule has 3 nitrogen and oxygen atoms in total. The summed E-state index contributed by atoms with van der Waals surface area (Å²) >= 11 is 0. The number of hydrogen-bond donors (Lipinski definition) is 1. The predicted molar refractivity (Wildman–Crippen MR) is 113 cm³/mol. The molecule has 0 spiro atoms. The smallest absolute Gasteiger partial charge is 0.328 e. The molecule has 0 amide bonds. The van der Waals surface area contributed by atoms with Crippen molar-refractivity contribution in [1.82, 2.24) is 0 Å². The molecule has 0 unspecified atom stereocenters. The molecule has 0 heterocycles. The van der Waals surface area contributed by atoms with E-state index in [0.29, 0.717) is 5.57 Å². The van der Waals surface area contributed by atoms with Gasteiger partial charge in [0.15, 0.2) is 0 Å². The summed E-state index contributed by atoms with van der Waals surface area (Å²) in [5, 5.41) is 11.0. The zero-order chi connectivity index (χ0) is 20.0. The van der Waals surface area contributed by atoms with Gasteiger partial charge in [-0.3, -0.25) is 0 Å². The van der Waals surface area contributed by atoms with Gasteiger partial charge in [-0.25, -0.2) is 4.79 Å². The van der Waals surface area contributed by atoms with E-state index >= 15 is 0 Å². The van der Waals surface area contributed by atoms with E-state index in [-0.39, 0.29) is 0 Å². The van der Waals surface area contributed by atoms with Crippen molar-refractivity contribution >= 4 is 22.8 Å². The van der Waals surface area contributed by atoms with E-state index in [9.17, 15) is 4.79 Å². The highest BCUT2D eigenvalue weighted by Gasteiger charge is 2.10. The molecule has 1 N–H and O–H groups in total. The van der Waals surface area contributed by atoms with Gasteiger partial charge < -0.3 is 9.84 Å². The standard InChI is InChI=1S/C24H26O3/c1-16(8-6-9-17(2)14-22(25)26)12-13-20-10-7-11-21-15-18(3)19(4)24(27-5)23(20)21/h6-15H,1-5H3,(H,25,26). The van der Waals surface area contributed by atoms with Crippen LogP contribution in [0.5, 0.6) is 5.75 Å². The second-order valence-corrected chi connectivity index (χ2v) is 6.63. The van der Waals surface area contributed by atoms with Crippen LogP contribution in [-0.2, 0) is 4.79 Å². The molecule has 0 radical (unpaired) electrons. The van der Waals surface area contributed by atoms with E-state index in [2.05, 4.69) is 44.2 Å². The van der Waals surface area contributed by atoms with Gasteiger partial charge in [0.05, 0.1) is 7.11 Å². The van der Waals surface area contributed by atoms with Crippen molar-refractivity contribution in [1.29, 1.82) is 0 Å². The highest BCUT2D eigenvalue weighted by Crippen LogP contribution is 2.35. The quantitative estimate of drug-likeness (QED) is 0.505. The molecule has 2 rings (SSSR count). The minimum Gasteiger partial charge on any atom is -0.496 e. The first kappa shape index (κ1) is 20.2. The predicted octanol–water partition coefficient (Wildman–Crippen LogP) is 6.01. The zero-order valence-corrected chi connectivity index (χ0v) is 16.5. The largest absolute Gasteiger partial charge is 0.496 e. The Hall–Kier alpha value is -3.07. The Morgan fingerprint density at radius 3 is 2.52 bits per heavy atom. The van der Waals surface area contributed by atoms with Crippen LogP contribution >= 0.6 is 0 Å². The zero-order valence-electron chi connectivity index (χ0n) is 16.5. The number of benzene rings is 2. The van der Waals surface area contributed by atoms with Crippen LogP contribution in [0.2, 0.25) is 0 Å². The maximum absolute atomic E-state index is 10.6. The lowest BCUT2D eigenvalue weighted by Crippen LogP contribution is -1.93. The van der Waals surface area contributed by atoms with Gasteiger partial charge in [-0.2, -0.15) is 0 Å². The summed E-state index contributed by atoms with van der Waals surface area (Å²) in [6.07, 6.45) is 10.9. The van der Waals surface area contributed by atoms with Gasteiger partial charge in [-0.1, -0.05) is 60.2 Å². The summed E-state index contributed by atoms with van der Waals surface area (Å²) in [4.78, 5) is 10.6. The van der Waals surface area contributed by atoms with Gasteiger partial charge >= 0.3 is 5.97 Å². The molecule has 0 aliphatic heterocycles. The lowest BCUT2D eigenvalue weighted by atomic mass is 9.97. The number of aryl methyl sites for hydroxylation is 1. The van der Waals surface area contributed by atoms with Gasteiger partial charge in [0.2, 0.25) is 0 Å². The molecule has 0 atom stereocenters. The van der Waals surface area contributed by atoms with E-state index in [4.69, 9.17) is 9.84 Å². The second-order valence-electron chi connectivity index (χ2n) is 6.63. The number of carbonyl (C=O) groups is 1. The van der Waals surface area contributed by atoms with Crippen LogP contribution in [0.15, 0.2) is 65.8 Å². The van der Waals surface area contributed by atoms with E-state index < -0.39 is 5.97 Å². The Labute approximate surface area is 161 Å². The van der Waals surface area contributed by atoms with Crippen LogP contribution in [0, 0.1) is 13.8 Å². The van der Waals surface area contributed by atoms with Crippen molar-refractivity contribution in [3.05, 3.63) is 82.5 Å². The Balaban J connectivity index is 2.35. The summed E-state index contributed by atoms with van der Waals surface area (Å²) in [7, 11) is 1.71. The maximum Gasteiger partial charge on any atom is 0.328 e. The Morgan fingerprint density at radius 1 is 1.11 bits per heavy atom. The molecule has 2 aromatic carbocycles. The number of carboxylic acid groups (broad SMARTS) is 1. The fourth-order valence-electron chi connectivity index (χ4n) is 2.94. The molecular weight excluding hydrogens is 336 g/mol. The molecule has 0 bridgehead atoms. The highest BCUT2D eigenvalue weighted by atomic mass is 16.5. The lowest BCUT2D eigenvalue weighted by Gasteiger charge is -2.14. The molecule has 0 aliphatic carbocycles.